The number of amides is 2. The predicted octanol–water partition coefficient (Wildman–Crippen LogP) is 1.64. The molecule has 3 rings (SSSR count). The van der Waals surface area contributed by atoms with Gasteiger partial charge in [-0.1, -0.05) is 0 Å². The third-order valence-electron chi connectivity index (χ3n) is 4.12. The molecule has 1 aromatic heterocycles. The zero-order valence-electron chi connectivity index (χ0n) is 11.7. The lowest BCUT2D eigenvalue weighted by Crippen LogP contribution is -2.41. The molecule has 1 saturated heterocycles. The van der Waals surface area contributed by atoms with E-state index < -0.39 is 0 Å². The lowest BCUT2D eigenvalue weighted by atomic mass is 9.98. The van der Waals surface area contributed by atoms with Gasteiger partial charge in [-0.05, 0) is 30.9 Å². The number of carbonyl (C=O) groups excluding carboxylic acids is 1. The van der Waals surface area contributed by atoms with Crippen LogP contribution in [-0.2, 0) is 13.0 Å². The van der Waals surface area contributed by atoms with Gasteiger partial charge in [0.2, 0.25) is 0 Å². The molecule has 2 N–H and O–H groups in total. The van der Waals surface area contributed by atoms with Gasteiger partial charge in [0.1, 0.15) is 5.82 Å². The van der Waals surface area contributed by atoms with Crippen molar-refractivity contribution < 1.29 is 4.79 Å². The minimum atomic E-state index is -0.0218. The summed E-state index contributed by atoms with van der Waals surface area (Å²) in [5.74, 6) is 2.89. The first kappa shape index (κ1) is 13.8. The van der Waals surface area contributed by atoms with Crippen molar-refractivity contribution in [1.82, 2.24) is 20.2 Å². The van der Waals surface area contributed by atoms with Crippen LogP contribution in [0.3, 0.4) is 0 Å². The Balaban J connectivity index is 1.36. The van der Waals surface area contributed by atoms with Gasteiger partial charge in [0, 0.05) is 43.7 Å². The van der Waals surface area contributed by atoms with E-state index in [0.717, 1.165) is 38.3 Å². The Morgan fingerprint density at radius 1 is 1.40 bits per heavy atom. The van der Waals surface area contributed by atoms with E-state index in [2.05, 4.69) is 20.2 Å². The van der Waals surface area contributed by atoms with Gasteiger partial charge in [-0.15, -0.1) is 0 Å². The molecule has 0 aliphatic carbocycles. The second kappa shape index (κ2) is 6.52. The number of nitrogens with zero attached hydrogens (tertiary/aromatic N) is 2. The first-order valence-corrected chi connectivity index (χ1v) is 8.49. The van der Waals surface area contributed by atoms with Crippen LogP contribution in [0.4, 0.5) is 4.79 Å². The fourth-order valence-electron chi connectivity index (χ4n) is 2.90. The summed E-state index contributed by atoms with van der Waals surface area (Å²) >= 11 is 1.97. The number of imidazole rings is 1. The maximum absolute atomic E-state index is 11.8. The quantitative estimate of drug-likeness (QED) is 0.887. The molecule has 5 nitrogen and oxygen atoms in total. The van der Waals surface area contributed by atoms with Crippen molar-refractivity contribution >= 4 is 17.8 Å². The topological polar surface area (TPSA) is 59.0 Å². The normalized spacial score (nSPS) is 25.2. The fraction of sp³-hybridized carbons (Fsp3) is 0.714. The molecule has 110 valence electrons. The maximum atomic E-state index is 11.8. The first-order valence-electron chi connectivity index (χ1n) is 7.44. The third-order valence-corrected chi connectivity index (χ3v) is 5.51. The second-order valence-corrected chi connectivity index (χ2v) is 7.03. The summed E-state index contributed by atoms with van der Waals surface area (Å²) in [7, 11) is 0. The molecule has 0 bridgehead atoms. The highest BCUT2D eigenvalue weighted by Crippen LogP contribution is 2.25. The molecule has 6 heteroatoms. The van der Waals surface area contributed by atoms with Crippen LogP contribution in [0.1, 0.15) is 25.1 Å². The minimum Gasteiger partial charge on any atom is -0.338 e. The lowest BCUT2D eigenvalue weighted by Gasteiger charge is -2.23. The van der Waals surface area contributed by atoms with Crippen LogP contribution in [-0.4, -0.2) is 39.7 Å². The Bertz CT molecular complexity index is 456. The van der Waals surface area contributed by atoms with E-state index in [0.29, 0.717) is 11.2 Å². The smallest absolute Gasteiger partial charge is 0.314 e. The minimum absolute atomic E-state index is 0.0218. The van der Waals surface area contributed by atoms with Gasteiger partial charge in [-0.3, -0.25) is 0 Å². The number of hydrogen-bond donors (Lipinski definition) is 2. The highest BCUT2D eigenvalue weighted by atomic mass is 32.2. The molecule has 1 fully saturated rings. The van der Waals surface area contributed by atoms with Crippen molar-refractivity contribution in [2.75, 3.05) is 18.8 Å². The average molecular weight is 294 g/mol. The number of fused-ring (bicyclic) bond motifs is 1. The van der Waals surface area contributed by atoms with E-state index in [1.807, 2.05) is 24.2 Å². The van der Waals surface area contributed by atoms with E-state index >= 15 is 0 Å². The molecule has 0 unspecified atom stereocenters. The second-order valence-electron chi connectivity index (χ2n) is 5.62. The molecule has 0 spiro atoms. The molecular weight excluding hydrogens is 272 g/mol. The van der Waals surface area contributed by atoms with Gasteiger partial charge in [0.25, 0.3) is 0 Å². The van der Waals surface area contributed by atoms with Crippen molar-refractivity contribution in [1.29, 1.82) is 0 Å². The van der Waals surface area contributed by atoms with Crippen LogP contribution in [0.5, 0.6) is 0 Å². The summed E-state index contributed by atoms with van der Waals surface area (Å²) < 4.78 is 2.20. The van der Waals surface area contributed by atoms with Crippen LogP contribution in [0.15, 0.2) is 12.4 Å². The molecule has 1 aromatic rings. The van der Waals surface area contributed by atoms with Crippen molar-refractivity contribution in [2.45, 2.75) is 37.5 Å². The average Bonchev–Trinajstić information content (AvgIpc) is 3.13. The number of carbonyl (C=O) groups is 1. The molecule has 2 atom stereocenters. The Hall–Kier alpha value is -1.17. The van der Waals surface area contributed by atoms with E-state index in [1.165, 1.54) is 18.6 Å². The Kier molecular flexibility index (Phi) is 4.50. The fourth-order valence-corrected chi connectivity index (χ4v) is 4.10. The van der Waals surface area contributed by atoms with Crippen molar-refractivity contribution in [2.24, 2.45) is 5.92 Å². The molecule has 2 amide bonds. The van der Waals surface area contributed by atoms with Crippen LogP contribution >= 0.6 is 11.8 Å². The van der Waals surface area contributed by atoms with Gasteiger partial charge in [0.05, 0.1) is 0 Å². The molecule has 2 aliphatic rings. The molecular formula is C14H22N4OS. The van der Waals surface area contributed by atoms with E-state index in [9.17, 15) is 4.79 Å². The molecule has 2 aliphatic heterocycles. The monoisotopic (exact) mass is 294 g/mol. The largest absolute Gasteiger partial charge is 0.338 e. The number of aryl methyl sites for hydroxylation is 1. The lowest BCUT2D eigenvalue weighted by molar-refractivity contribution is 0.237. The predicted molar refractivity (Wildman–Crippen MR) is 80.9 cm³/mol. The summed E-state index contributed by atoms with van der Waals surface area (Å²) in [6.07, 6.45) is 8.49. The molecule has 3 heterocycles. The zero-order valence-corrected chi connectivity index (χ0v) is 12.5. The van der Waals surface area contributed by atoms with Gasteiger partial charge in [-0.25, -0.2) is 9.78 Å². The van der Waals surface area contributed by atoms with Crippen molar-refractivity contribution in [3.8, 4) is 0 Å². The maximum Gasteiger partial charge on any atom is 0.314 e. The van der Waals surface area contributed by atoms with E-state index in [4.69, 9.17) is 0 Å². The number of thioether (sulfide) groups is 1. The van der Waals surface area contributed by atoms with Crippen molar-refractivity contribution in [3.63, 3.8) is 0 Å². The Morgan fingerprint density at radius 3 is 3.15 bits per heavy atom. The molecule has 0 aromatic carbocycles. The summed E-state index contributed by atoms with van der Waals surface area (Å²) in [4.78, 5) is 16.1. The summed E-state index contributed by atoms with van der Waals surface area (Å²) in [5, 5.41) is 6.60. The standard InChI is InChI=1S/C14H22N4OS/c19-14(17-10-12-2-1-7-20-12)16-9-11-3-5-18-6-4-15-13(18)8-11/h4,6,11-12H,1-3,5,7-10H2,(H2,16,17,19)/t11-,12-/m0/s1. The molecule has 20 heavy (non-hydrogen) atoms. The number of hydrogen-bond acceptors (Lipinski definition) is 3. The zero-order chi connectivity index (χ0) is 13.8. The Labute approximate surface area is 123 Å². The van der Waals surface area contributed by atoms with Crippen LogP contribution in [0.2, 0.25) is 0 Å². The molecule has 0 radical (unpaired) electrons. The van der Waals surface area contributed by atoms with Gasteiger partial charge >= 0.3 is 6.03 Å². The first-order chi connectivity index (χ1) is 9.81. The summed E-state index contributed by atoms with van der Waals surface area (Å²) in [5.41, 5.74) is 0. The number of aromatic nitrogens is 2. The van der Waals surface area contributed by atoms with Crippen LogP contribution < -0.4 is 10.6 Å². The van der Waals surface area contributed by atoms with E-state index in [1.54, 1.807) is 0 Å². The van der Waals surface area contributed by atoms with Crippen LogP contribution in [0.25, 0.3) is 0 Å². The SMILES string of the molecule is O=C(NC[C@H]1CCn2ccnc2C1)NC[C@@H]1CCCS1. The van der Waals surface area contributed by atoms with Gasteiger partial charge in [0.15, 0.2) is 0 Å². The highest BCUT2D eigenvalue weighted by Gasteiger charge is 2.20. The number of urea groups is 1. The highest BCUT2D eigenvalue weighted by molar-refractivity contribution is 8.00. The summed E-state index contributed by atoms with van der Waals surface area (Å²) in [6.45, 7) is 2.56. The third kappa shape index (κ3) is 3.48. The van der Waals surface area contributed by atoms with Crippen LogP contribution in [0, 0.1) is 5.92 Å². The van der Waals surface area contributed by atoms with Gasteiger partial charge in [-0.2, -0.15) is 11.8 Å². The van der Waals surface area contributed by atoms with Gasteiger partial charge < -0.3 is 15.2 Å². The van der Waals surface area contributed by atoms with E-state index in [-0.39, 0.29) is 6.03 Å². The Morgan fingerprint density at radius 2 is 2.30 bits per heavy atom. The number of rotatable bonds is 4. The number of nitrogens with one attached hydrogen (secondary N) is 2. The van der Waals surface area contributed by atoms with Crippen molar-refractivity contribution in [3.05, 3.63) is 18.2 Å². The summed E-state index contributed by atoms with van der Waals surface area (Å²) in [6, 6.07) is -0.0218. The molecule has 0 saturated carbocycles.